The van der Waals surface area contributed by atoms with Gasteiger partial charge in [0.2, 0.25) is 0 Å². The van der Waals surface area contributed by atoms with Crippen LogP contribution in [0.5, 0.6) is 5.75 Å². The van der Waals surface area contributed by atoms with Crippen molar-refractivity contribution in [2.75, 3.05) is 30.5 Å². The van der Waals surface area contributed by atoms with Crippen LogP contribution in [-0.2, 0) is 9.59 Å². The monoisotopic (exact) mass is 264 g/mol. The van der Waals surface area contributed by atoms with E-state index >= 15 is 0 Å². The Kier molecular flexibility index (Phi) is 3.33. The molecule has 0 spiro atoms. The smallest absolute Gasteiger partial charge is 0.326 e. The number of hydrogen-bond acceptors (Lipinski definition) is 4. The number of carbonyl (C=O) groups excluding carboxylic acids is 1. The summed E-state index contributed by atoms with van der Waals surface area (Å²) in [5.74, 6) is -0.401. The first-order valence-electron chi connectivity index (χ1n) is 5.91. The minimum atomic E-state index is -0.902. The molecule has 0 radical (unpaired) electrons. The van der Waals surface area contributed by atoms with Crippen LogP contribution in [0.4, 0.5) is 11.4 Å². The van der Waals surface area contributed by atoms with Crippen LogP contribution < -0.4 is 14.5 Å². The summed E-state index contributed by atoms with van der Waals surface area (Å²) in [5.41, 5.74) is 1.37. The van der Waals surface area contributed by atoms with Crippen LogP contribution in [0.2, 0.25) is 0 Å². The average molecular weight is 264 g/mol. The molecule has 6 nitrogen and oxygen atoms in total. The number of hydrogen-bond donors (Lipinski definition) is 1. The Morgan fingerprint density at radius 3 is 2.84 bits per heavy atom. The number of anilines is 2. The van der Waals surface area contributed by atoms with Crippen molar-refractivity contribution in [2.45, 2.75) is 13.0 Å². The van der Waals surface area contributed by atoms with Gasteiger partial charge in [0.25, 0.3) is 5.91 Å². The Hall–Kier alpha value is -2.24. The summed E-state index contributed by atoms with van der Waals surface area (Å²) >= 11 is 0. The number of carbonyl (C=O) groups is 2. The van der Waals surface area contributed by atoms with Crippen molar-refractivity contribution < 1.29 is 19.4 Å². The number of ether oxygens (including phenoxy) is 1. The van der Waals surface area contributed by atoms with E-state index in [1.807, 2.05) is 0 Å². The zero-order valence-corrected chi connectivity index (χ0v) is 11.1. The lowest BCUT2D eigenvalue weighted by molar-refractivity contribution is -0.138. The van der Waals surface area contributed by atoms with Crippen LogP contribution in [0, 0.1) is 0 Å². The van der Waals surface area contributed by atoms with E-state index in [4.69, 9.17) is 9.84 Å². The lowest BCUT2D eigenvalue weighted by Gasteiger charge is -2.29. The highest BCUT2D eigenvalue weighted by Gasteiger charge is 2.24. The minimum absolute atomic E-state index is 0.0320. The summed E-state index contributed by atoms with van der Waals surface area (Å²) in [5, 5.41) is 9.02. The number of rotatable bonds is 3. The molecule has 1 unspecified atom stereocenters. The fourth-order valence-corrected chi connectivity index (χ4v) is 1.87. The second kappa shape index (κ2) is 4.79. The standard InChI is InChI=1S/C13H16N2O4/c1-8(13(17)18)14(2)9-4-5-11-10(6-9)15(3)12(16)7-19-11/h4-6,8H,7H2,1-3H3,(H,17,18). The van der Waals surface area contributed by atoms with Crippen LogP contribution in [0.15, 0.2) is 18.2 Å². The van der Waals surface area contributed by atoms with Gasteiger partial charge < -0.3 is 19.6 Å². The molecule has 0 fully saturated rings. The van der Waals surface area contributed by atoms with E-state index in [1.165, 1.54) is 4.90 Å². The minimum Gasteiger partial charge on any atom is -0.482 e. The second-order valence-electron chi connectivity index (χ2n) is 4.52. The van der Waals surface area contributed by atoms with Crippen LogP contribution in [0.25, 0.3) is 0 Å². The van der Waals surface area contributed by atoms with Crippen molar-refractivity contribution in [1.29, 1.82) is 0 Å². The summed E-state index contributed by atoms with van der Waals surface area (Å²) in [6, 6.07) is 4.63. The zero-order chi connectivity index (χ0) is 14.2. The number of fused-ring (bicyclic) bond motifs is 1. The van der Waals surface area contributed by atoms with E-state index in [-0.39, 0.29) is 12.5 Å². The van der Waals surface area contributed by atoms with Crippen molar-refractivity contribution in [2.24, 2.45) is 0 Å². The molecule has 0 saturated heterocycles. The van der Waals surface area contributed by atoms with Gasteiger partial charge in [-0.15, -0.1) is 0 Å². The molecule has 1 heterocycles. The van der Waals surface area contributed by atoms with Gasteiger partial charge in [-0.2, -0.15) is 0 Å². The lowest BCUT2D eigenvalue weighted by atomic mass is 10.2. The number of carboxylic acid groups (broad SMARTS) is 1. The fraction of sp³-hybridized carbons (Fsp3) is 0.385. The van der Waals surface area contributed by atoms with Gasteiger partial charge in [-0.05, 0) is 25.1 Å². The number of benzene rings is 1. The van der Waals surface area contributed by atoms with Gasteiger partial charge in [0.1, 0.15) is 11.8 Å². The summed E-state index contributed by atoms with van der Waals surface area (Å²) < 4.78 is 5.32. The van der Waals surface area contributed by atoms with Gasteiger partial charge in [-0.3, -0.25) is 4.79 Å². The third-order valence-electron chi connectivity index (χ3n) is 3.37. The second-order valence-corrected chi connectivity index (χ2v) is 4.52. The third kappa shape index (κ3) is 2.33. The number of aliphatic carboxylic acids is 1. The topological polar surface area (TPSA) is 70.1 Å². The maximum Gasteiger partial charge on any atom is 0.326 e. The molecule has 1 aliphatic heterocycles. The third-order valence-corrected chi connectivity index (χ3v) is 3.37. The van der Waals surface area contributed by atoms with Crippen LogP contribution in [0.1, 0.15) is 6.92 Å². The SMILES string of the molecule is CC(C(=O)O)N(C)c1ccc2c(c1)N(C)C(=O)CO2. The molecule has 0 aromatic heterocycles. The highest BCUT2D eigenvalue weighted by molar-refractivity contribution is 5.98. The summed E-state index contributed by atoms with van der Waals surface area (Å²) in [6.07, 6.45) is 0. The summed E-state index contributed by atoms with van der Waals surface area (Å²) in [4.78, 5) is 25.7. The summed E-state index contributed by atoms with van der Waals surface area (Å²) in [6.45, 7) is 1.64. The Bertz CT molecular complexity index is 529. The molecule has 1 aromatic carbocycles. The van der Waals surface area contributed by atoms with E-state index in [0.717, 1.165) is 5.69 Å². The normalized spacial score (nSPS) is 15.5. The Morgan fingerprint density at radius 2 is 2.21 bits per heavy atom. The maximum absolute atomic E-state index is 11.6. The molecule has 1 aromatic rings. The fourth-order valence-electron chi connectivity index (χ4n) is 1.87. The molecule has 1 aliphatic rings. The van der Waals surface area contributed by atoms with Crippen molar-refractivity contribution in [3.63, 3.8) is 0 Å². The Morgan fingerprint density at radius 1 is 1.53 bits per heavy atom. The van der Waals surface area contributed by atoms with Gasteiger partial charge in [0, 0.05) is 19.8 Å². The molecule has 2 rings (SSSR count). The van der Waals surface area contributed by atoms with Crippen molar-refractivity contribution >= 4 is 23.3 Å². The largest absolute Gasteiger partial charge is 0.482 e. The first-order valence-corrected chi connectivity index (χ1v) is 5.91. The van der Waals surface area contributed by atoms with Crippen LogP contribution in [-0.4, -0.2) is 43.7 Å². The quantitative estimate of drug-likeness (QED) is 0.880. The number of amides is 1. The molecule has 0 bridgehead atoms. The molecule has 1 N–H and O–H groups in total. The van der Waals surface area contributed by atoms with Crippen molar-refractivity contribution in [3.8, 4) is 5.75 Å². The van der Waals surface area contributed by atoms with E-state index in [0.29, 0.717) is 11.4 Å². The number of nitrogens with zero attached hydrogens (tertiary/aromatic N) is 2. The lowest BCUT2D eigenvalue weighted by Crippen LogP contribution is -2.37. The number of likely N-dealkylation sites (N-methyl/N-ethyl adjacent to an activating group) is 2. The van der Waals surface area contributed by atoms with E-state index < -0.39 is 12.0 Å². The van der Waals surface area contributed by atoms with E-state index in [9.17, 15) is 9.59 Å². The van der Waals surface area contributed by atoms with Crippen molar-refractivity contribution in [1.82, 2.24) is 0 Å². The molecule has 1 atom stereocenters. The van der Waals surface area contributed by atoms with Gasteiger partial charge in [-0.1, -0.05) is 0 Å². The molecule has 102 valence electrons. The zero-order valence-electron chi connectivity index (χ0n) is 11.1. The average Bonchev–Trinajstić information content (AvgIpc) is 2.41. The van der Waals surface area contributed by atoms with Crippen LogP contribution in [0.3, 0.4) is 0 Å². The van der Waals surface area contributed by atoms with Gasteiger partial charge in [0.05, 0.1) is 5.69 Å². The molecule has 0 saturated carbocycles. The Balaban J connectivity index is 2.35. The highest BCUT2D eigenvalue weighted by atomic mass is 16.5. The highest BCUT2D eigenvalue weighted by Crippen LogP contribution is 2.34. The van der Waals surface area contributed by atoms with Crippen molar-refractivity contribution in [3.05, 3.63) is 18.2 Å². The number of carboxylic acids is 1. The predicted molar refractivity (Wildman–Crippen MR) is 70.8 cm³/mol. The Labute approximate surface area is 111 Å². The first-order chi connectivity index (χ1) is 8.91. The molecule has 19 heavy (non-hydrogen) atoms. The van der Waals surface area contributed by atoms with Gasteiger partial charge >= 0.3 is 5.97 Å². The summed E-state index contributed by atoms with van der Waals surface area (Å²) in [7, 11) is 3.38. The first kappa shape index (κ1) is 13.2. The molecular weight excluding hydrogens is 248 g/mol. The van der Waals surface area contributed by atoms with E-state index in [2.05, 4.69) is 0 Å². The molecular formula is C13H16N2O4. The van der Waals surface area contributed by atoms with Gasteiger partial charge in [0.15, 0.2) is 6.61 Å². The maximum atomic E-state index is 11.6. The molecule has 0 aliphatic carbocycles. The molecule has 6 heteroatoms. The molecule has 1 amide bonds. The predicted octanol–water partition coefficient (Wildman–Crippen LogP) is 0.951. The van der Waals surface area contributed by atoms with E-state index in [1.54, 1.807) is 44.1 Å². The van der Waals surface area contributed by atoms with Gasteiger partial charge in [-0.25, -0.2) is 4.79 Å². The van der Waals surface area contributed by atoms with Crippen LogP contribution >= 0.6 is 0 Å².